The van der Waals surface area contributed by atoms with Crippen molar-refractivity contribution in [2.45, 2.75) is 25.8 Å². The van der Waals surface area contributed by atoms with E-state index in [1.807, 2.05) is 12.1 Å². The largest absolute Gasteiger partial charge is 0.396 e. The number of hydrogen-bond donors (Lipinski definition) is 2. The molecule has 1 aromatic rings. The topological polar surface area (TPSA) is 46.2 Å². The maximum Gasteiger partial charge on any atom is 0.0449 e. The van der Waals surface area contributed by atoms with Gasteiger partial charge in [-0.25, -0.2) is 0 Å². The molecule has 0 radical (unpaired) electrons. The molecular weight excluding hydrogens is 198 g/mol. The van der Waals surface area contributed by atoms with E-state index in [1.165, 1.54) is 5.56 Å². The van der Waals surface area contributed by atoms with E-state index < -0.39 is 0 Å². The zero-order chi connectivity index (χ0) is 9.68. The lowest BCUT2D eigenvalue weighted by Gasteiger charge is -2.10. The Bertz CT molecular complexity index is 248. The first-order valence-corrected chi connectivity index (χ1v) is 4.73. The lowest BCUT2D eigenvalue weighted by atomic mass is 10.0. The minimum atomic E-state index is -0.0316. The Kier molecular flexibility index (Phi) is 6.54. The zero-order valence-electron chi connectivity index (χ0n) is 8.44. The Labute approximate surface area is 91.5 Å². The number of benzene rings is 1. The summed E-state index contributed by atoms with van der Waals surface area (Å²) < 4.78 is 0. The quantitative estimate of drug-likeness (QED) is 0.808. The van der Waals surface area contributed by atoms with E-state index in [4.69, 9.17) is 10.8 Å². The zero-order valence-corrected chi connectivity index (χ0v) is 9.26. The molecule has 0 bridgehead atoms. The molecule has 3 N–H and O–H groups in total. The van der Waals surface area contributed by atoms with Gasteiger partial charge in [-0.1, -0.05) is 31.2 Å². The Morgan fingerprint density at radius 1 is 1.29 bits per heavy atom. The van der Waals surface area contributed by atoms with E-state index >= 15 is 0 Å². The number of aliphatic hydroxyl groups is 1. The fourth-order valence-corrected chi connectivity index (χ4v) is 1.31. The molecule has 0 aliphatic carbocycles. The molecule has 0 fully saturated rings. The molecule has 0 aliphatic heterocycles. The molecule has 0 saturated heterocycles. The van der Waals surface area contributed by atoms with Crippen LogP contribution >= 0.6 is 12.4 Å². The molecule has 14 heavy (non-hydrogen) atoms. The molecule has 0 heterocycles. The second kappa shape index (κ2) is 6.82. The first-order chi connectivity index (χ1) is 6.27. The van der Waals surface area contributed by atoms with Gasteiger partial charge in [0.1, 0.15) is 0 Å². The van der Waals surface area contributed by atoms with E-state index in [1.54, 1.807) is 0 Å². The van der Waals surface area contributed by atoms with Crippen molar-refractivity contribution in [3.63, 3.8) is 0 Å². The van der Waals surface area contributed by atoms with Gasteiger partial charge in [0, 0.05) is 12.6 Å². The Morgan fingerprint density at radius 3 is 2.29 bits per heavy atom. The molecule has 1 unspecified atom stereocenters. The minimum absolute atomic E-state index is 0. The van der Waals surface area contributed by atoms with Crippen LogP contribution < -0.4 is 5.73 Å². The first-order valence-electron chi connectivity index (χ1n) is 4.73. The molecule has 2 nitrogen and oxygen atoms in total. The van der Waals surface area contributed by atoms with Crippen molar-refractivity contribution in [3.8, 4) is 0 Å². The molecule has 0 aromatic heterocycles. The van der Waals surface area contributed by atoms with E-state index in [-0.39, 0.29) is 25.1 Å². The van der Waals surface area contributed by atoms with Crippen LogP contribution in [0.3, 0.4) is 0 Å². The third-order valence-electron chi connectivity index (χ3n) is 2.26. The third kappa shape index (κ3) is 3.66. The SMILES string of the molecule is CCc1ccc(C(N)CCO)cc1.Cl. The second-order valence-corrected chi connectivity index (χ2v) is 3.21. The van der Waals surface area contributed by atoms with Crippen molar-refractivity contribution in [2.24, 2.45) is 5.73 Å². The van der Waals surface area contributed by atoms with Crippen LogP contribution in [-0.2, 0) is 6.42 Å². The van der Waals surface area contributed by atoms with Crippen molar-refractivity contribution < 1.29 is 5.11 Å². The summed E-state index contributed by atoms with van der Waals surface area (Å²) in [6.07, 6.45) is 1.68. The normalized spacial score (nSPS) is 11.9. The van der Waals surface area contributed by atoms with E-state index in [0.717, 1.165) is 12.0 Å². The number of rotatable bonds is 4. The van der Waals surface area contributed by atoms with Crippen molar-refractivity contribution in [3.05, 3.63) is 35.4 Å². The summed E-state index contributed by atoms with van der Waals surface area (Å²) in [6.45, 7) is 2.28. The average Bonchev–Trinajstić information content (AvgIpc) is 2.18. The van der Waals surface area contributed by atoms with Crippen molar-refractivity contribution >= 4 is 12.4 Å². The second-order valence-electron chi connectivity index (χ2n) is 3.21. The summed E-state index contributed by atoms with van der Waals surface area (Å²) in [5, 5.41) is 8.72. The lowest BCUT2D eigenvalue weighted by molar-refractivity contribution is 0.276. The highest BCUT2D eigenvalue weighted by Gasteiger charge is 2.03. The molecule has 1 atom stereocenters. The number of aliphatic hydroxyl groups excluding tert-OH is 1. The fraction of sp³-hybridized carbons (Fsp3) is 0.455. The van der Waals surface area contributed by atoms with Crippen LogP contribution in [0.1, 0.15) is 30.5 Å². The molecule has 0 amide bonds. The van der Waals surface area contributed by atoms with Crippen LogP contribution in [0.4, 0.5) is 0 Å². The van der Waals surface area contributed by atoms with Gasteiger partial charge in [-0.15, -0.1) is 12.4 Å². The minimum Gasteiger partial charge on any atom is -0.396 e. The molecule has 0 aliphatic rings. The van der Waals surface area contributed by atoms with Crippen LogP contribution in [0.25, 0.3) is 0 Å². The van der Waals surface area contributed by atoms with Gasteiger partial charge in [0.25, 0.3) is 0 Å². The highest BCUT2D eigenvalue weighted by molar-refractivity contribution is 5.85. The fourth-order valence-electron chi connectivity index (χ4n) is 1.31. The van der Waals surface area contributed by atoms with Gasteiger partial charge in [0.05, 0.1) is 0 Å². The number of hydrogen-bond acceptors (Lipinski definition) is 2. The first kappa shape index (κ1) is 13.4. The van der Waals surface area contributed by atoms with Crippen LogP contribution in [-0.4, -0.2) is 11.7 Å². The van der Waals surface area contributed by atoms with E-state index in [9.17, 15) is 0 Å². The predicted octanol–water partition coefficient (Wildman–Crippen LogP) is 2.05. The van der Waals surface area contributed by atoms with Crippen LogP contribution in [0.15, 0.2) is 24.3 Å². The molecule has 1 aromatic carbocycles. The monoisotopic (exact) mass is 215 g/mol. The van der Waals surface area contributed by atoms with Gasteiger partial charge in [0.2, 0.25) is 0 Å². The highest BCUT2D eigenvalue weighted by atomic mass is 35.5. The highest BCUT2D eigenvalue weighted by Crippen LogP contribution is 2.14. The Hall–Kier alpha value is -0.570. The number of aryl methyl sites for hydroxylation is 1. The van der Waals surface area contributed by atoms with Crippen LogP contribution in [0.5, 0.6) is 0 Å². The molecule has 1 rings (SSSR count). The maximum absolute atomic E-state index is 8.72. The average molecular weight is 216 g/mol. The van der Waals surface area contributed by atoms with Gasteiger partial charge in [-0.3, -0.25) is 0 Å². The summed E-state index contributed by atoms with van der Waals surface area (Å²) in [4.78, 5) is 0. The van der Waals surface area contributed by atoms with Gasteiger partial charge >= 0.3 is 0 Å². The summed E-state index contributed by atoms with van der Waals surface area (Å²) in [7, 11) is 0. The van der Waals surface area contributed by atoms with Crippen molar-refractivity contribution in [1.29, 1.82) is 0 Å². The maximum atomic E-state index is 8.72. The lowest BCUT2D eigenvalue weighted by Crippen LogP contribution is -2.11. The van der Waals surface area contributed by atoms with Gasteiger partial charge < -0.3 is 10.8 Å². The standard InChI is InChI=1S/C11H17NO.ClH/c1-2-9-3-5-10(6-4-9)11(12)7-8-13;/h3-6,11,13H,2,7-8,12H2,1H3;1H. The summed E-state index contributed by atoms with van der Waals surface area (Å²) in [5.41, 5.74) is 8.26. The molecule has 3 heteroatoms. The van der Waals surface area contributed by atoms with Gasteiger partial charge in [-0.05, 0) is 24.0 Å². The third-order valence-corrected chi connectivity index (χ3v) is 2.26. The molecule has 0 spiro atoms. The molecular formula is C11H18ClNO. The summed E-state index contributed by atoms with van der Waals surface area (Å²) in [5.74, 6) is 0. The Balaban J connectivity index is 0.00000169. The predicted molar refractivity (Wildman–Crippen MR) is 61.7 cm³/mol. The van der Waals surface area contributed by atoms with Crippen molar-refractivity contribution in [1.82, 2.24) is 0 Å². The van der Waals surface area contributed by atoms with Gasteiger partial charge in [0.15, 0.2) is 0 Å². The number of nitrogens with two attached hydrogens (primary N) is 1. The Morgan fingerprint density at radius 2 is 1.86 bits per heavy atom. The van der Waals surface area contributed by atoms with E-state index in [2.05, 4.69) is 19.1 Å². The summed E-state index contributed by atoms with van der Waals surface area (Å²) >= 11 is 0. The smallest absolute Gasteiger partial charge is 0.0449 e. The summed E-state index contributed by atoms with van der Waals surface area (Å²) in [6, 6.07) is 8.23. The van der Waals surface area contributed by atoms with Gasteiger partial charge in [-0.2, -0.15) is 0 Å². The van der Waals surface area contributed by atoms with Crippen LogP contribution in [0.2, 0.25) is 0 Å². The van der Waals surface area contributed by atoms with E-state index in [0.29, 0.717) is 6.42 Å². The van der Waals surface area contributed by atoms with Crippen molar-refractivity contribution in [2.75, 3.05) is 6.61 Å². The molecule has 0 saturated carbocycles. The molecule has 80 valence electrons. The van der Waals surface area contributed by atoms with Crippen LogP contribution in [0, 0.1) is 0 Å². The number of halogens is 1.